The zero-order chi connectivity index (χ0) is 13.0. The number of benzene rings is 1. The van der Waals surface area contributed by atoms with Crippen LogP contribution in [0.5, 0.6) is 0 Å². The Balaban J connectivity index is 2.23. The minimum atomic E-state index is -0.215. The molecule has 0 aliphatic heterocycles. The number of nitrogens with zero attached hydrogens (tertiary/aromatic N) is 2. The Labute approximate surface area is 109 Å². The van der Waals surface area contributed by atoms with Gasteiger partial charge in [0.2, 0.25) is 0 Å². The molecule has 0 saturated carbocycles. The van der Waals surface area contributed by atoms with Gasteiger partial charge in [-0.15, -0.1) is 5.10 Å². The van der Waals surface area contributed by atoms with Crippen molar-refractivity contribution in [3.8, 4) is 0 Å². The highest BCUT2D eigenvalue weighted by Crippen LogP contribution is 2.24. The van der Waals surface area contributed by atoms with E-state index in [2.05, 4.69) is 15.0 Å². The minimum absolute atomic E-state index is 0.156. The highest BCUT2D eigenvalue weighted by atomic mass is 32.1. The van der Waals surface area contributed by atoms with Gasteiger partial charge in [0.05, 0.1) is 16.6 Å². The molecule has 2 rings (SSSR count). The number of nitrogens with one attached hydrogen (secondary N) is 1. The van der Waals surface area contributed by atoms with Crippen LogP contribution < -0.4 is 11.3 Å². The first-order valence-electron chi connectivity index (χ1n) is 5.77. The number of hydrazine groups is 1. The molecule has 0 aliphatic rings. The van der Waals surface area contributed by atoms with Crippen molar-refractivity contribution in [2.45, 2.75) is 25.8 Å². The van der Waals surface area contributed by atoms with Crippen LogP contribution in [0.3, 0.4) is 0 Å². The van der Waals surface area contributed by atoms with Crippen molar-refractivity contribution < 1.29 is 4.39 Å². The van der Waals surface area contributed by atoms with E-state index >= 15 is 0 Å². The molecule has 1 aromatic heterocycles. The SMILES string of the molecule is CCc1nnsc1C(Cc1ccccc1F)NN. The molecule has 1 aromatic carbocycles. The second-order valence-electron chi connectivity index (χ2n) is 3.95. The normalized spacial score (nSPS) is 12.6. The van der Waals surface area contributed by atoms with Gasteiger partial charge in [0.1, 0.15) is 5.82 Å². The summed E-state index contributed by atoms with van der Waals surface area (Å²) in [5.74, 6) is 5.35. The van der Waals surface area contributed by atoms with Crippen molar-refractivity contribution in [3.05, 3.63) is 46.2 Å². The molecule has 1 unspecified atom stereocenters. The average molecular weight is 266 g/mol. The number of rotatable bonds is 5. The second-order valence-corrected chi connectivity index (χ2v) is 4.74. The van der Waals surface area contributed by atoms with E-state index in [4.69, 9.17) is 5.84 Å². The molecule has 0 saturated heterocycles. The quantitative estimate of drug-likeness (QED) is 0.641. The highest BCUT2D eigenvalue weighted by molar-refractivity contribution is 7.05. The van der Waals surface area contributed by atoms with Crippen LogP contribution in [0.25, 0.3) is 0 Å². The summed E-state index contributed by atoms with van der Waals surface area (Å²) >= 11 is 1.31. The molecule has 6 heteroatoms. The lowest BCUT2D eigenvalue weighted by atomic mass is 10.0. The summed E-state index contributed by atoms with van der Waals surface area (Å²) in [6.07, 6.45) is 1.28. The van der Waals surface area contributed by atoms with Crippen molar-refractivity contribution in [1.29, 1.82) is 0 Å². The van der Waals surface area contributed by atoms with Crippen LogP contribution in [-0.4, -0.2) is 9.59 Å². The van der Waals surface area contributed by atoms with Gasteiger partial charge in [0, 0.05) is 0 Å². The number of nitrogens with two attached hydrogens (primary N) is 1. The molecule has 3 N–H and O–H groups in total. The maximum absolute atomic E-state index is 13.6. The van der Waals surface area contributed by atoms with E-state index < -0.39 is 0 Å². The third-order valence-electron chi connectivity index (χ3n) is 2.82. The Hall–Kier alpha value is -1.37. The first-order valence-corrected chi connectivity index (χ1v) is 6.54. The van der Waals surface area contributed by atoms with Gasteiger partial charge in [-0.25, -0.2) is 4.39 Å². The van der Waals surface area contributed by atoms with Crippen LogP contribution in [0.1, 0.15) is 29.1 Å². The Morgan fingerprint density at radius 2 is 2.22 bits per heavy atom. The third-order valence-corrected chi connectivity index (χ3v) is 3.70. The molecule has 0 aliphatic carbocycles. The molecule has 2 aromatic rings. The lowest BCUT2D eigenvalue weighted by molar-refractivity contribution is 0.531. The van der Waals surface area contributed by atoms with Crippen LogP contribution in [0.4, 0.5) is 4.39 Å². The summed E-state index contributed by atoms with van der Waals surface area (Å²) in [6, 6.07) is 6.55. The topological polar surface area (TPSA) is 63.8 Å². The molecule has 0 spiro atoms. The number of aromatic nitrogens is 2. The van der Waals surface area contributed by atoms with Gasteiger partial charge in [-0.3, -0.25) is 11.3 Å². The molecule has 18 heavy (non-hydrogen) atoms. The molecule has 96 valence electrons. The largest absolute Gasteiger partial charge is 0.271 e. The summed E-state index contributed by atoms with van der Waals surface area (Å²) in [5, 5.41) is 4.05. The Kier molecular flexibility index (Phi) is 4.35. The molecule has 0 radical (unpaired) electrons. The predicted octanol–water partition coefficient (Wildman–Crippen LogP) is 1.99. The monoisotopic (exact) mass is 266 g/mol. The summed E-state index contributed by atoms with van der Waals surface area (Å²) in [4.78, 5) is 0.975. The second kappa shape index (κ2) is 5.99. The number of hydrogen-bond donors (Lipinski definition) is 2. The first-order chi connectivity index (χ1) is 8.76. The van der Waals surface area contributed by atoms with E-state index in [1.807, 2.05) is 13.0 Å². The molecule has 1 atom stereocenters. The molecular formula is C12H15FN4S. The van der Waals surface area contributed by atoms with E-state index in [1.54, 1.807) is 12.1 Å². The maximum atomic E-state index is 13.6. The van der Waals surface area contributed by atoms with Gasteiger partial charge in [0.25, 0.3) is 0 Å². The van der Waals surface area contributed by atoms with Gasteiger partial charge in [-0.2, -0.15) is 0 Å². The minimum Gasteiger partial charge on any atom is -0.271 e. The van der Waals surface area contributed by atoms with Gasteiger partial charge < -0.3 is 0 Å². The summed E-state index contributed by atoms with van der Waals surface area (Å²) in [5.41, 5.74) is 4.27. The molecule has 4 nitrogen and oxygen atoms in total. The van der Waals surface area contributed by atoms with Crippen LogP contribution in [0.2, 0.25) is 0 Å². The molecule has 0 amide bonds. The number of aryl methyl sites for hydroxylation is 1. The van der Waals surface area contributed by atoms with Gasteiger partial charge >= 0.3 is 0 Å². The lowest BCUT2D eigenvalue weighted by Gasteiger charge is -2.15. The van der Waals surface area contributed by atoms with Crippen LogP contribution >= 0.6 is 11.5 Å². The van der Waals surface area contributed by atoms with Crippen molar-refractivity contribution in [3.63, 3.8) is 0 Å². The van der Waals surface area contributed by atoms with Gasteiger partial charge in [0.15, 0.2) is 0 Å². The predicted molar refractivity (Wildman–Crippen MR) is 69.5 cm³/mol. The number of halogens is 1. The van der Waals surface area contributed by atoms with E-state index in [-0.39, 0.29) is 11.9 Å². The van der Waals surface area contributed by atoms with E-state index in [9.17, 15) is 4.39 Å². The number of hydrogen-bond acceptors (Lipinski definition) is 5. The summed E-state index contributed by atoms with van der Waals surface area (Å²) in [6.45, 7) is 2.01. The standard InChI is InChI=1S/C12H15FN4S/c1-2-10-12(18-17-16-10)11(15-14)7-8-5-3-4-6-9(8)13/h3-6,11,15H,2,7,14H2,1H3. The maximum Gasteiger partial charge on any atom is 0.126 e. The smallest absolute Gasteiger partial charge is 0.126 e. The van der Waals surface area contributed by atoms with Crippen LogP contribution in [0.15, 0.2) is 24.3 Å². The fourth-order valence-electron chi connectivity index (χ4n) is 1.84. The zero-order valence-corrected chi connectivity index (χ0v) is 10.9. The molecular weight excluding hydrogens is 251 g/mol. The van der Waals surface area contributed by atoms with Crippen molar-refractivity contribution >= 4 is 11.5 Å². The van der Waals surface area contributed by atoms with Crippen LogP contribution in [0, 0.1) is 5.82 Å². The van der Waals surface area contributed by atoms with Crippen LogP contribution in [-0.2, 0) is 12.8 Å². The fourth-order valence-corrected chi connectivity index (χ4v) is 2.63. The summed E-state index contributed by atoms with van der Waals surface area (Å²) in [7, 11) is 0. The first kappa shape index (κ1) is 13.1. The Morgan fingerprint density at radius 1 is 1.44 bits per heavy atom. The van der Waals surface area contributed by atoms with Crippen molar-refractivity contribution in [1.82, 2.24) is 15.0 Å². The zero-order valence-electron chi connectivity index (χ0n) is 10.1. The third kappa shape index (κ3) is 2.72. The fraction of sp³-hybridized carbons (Fsp3) is 0.333. The average Bonchev–Trinajstić information content (AvgIpc) is 2.86. The van der Waals surface area contributed by atoms with Crippen molar-refractivity contribution in [2.75, 3.05) is 0 Å². The summed E-state index contributed by atoms with van der Waals surface area (Å²) < 4.78 is 17.5. The molecule has 0 fully saturated rings. The van der Waals surface area contributed by atoms with E-state index in [0.29, 0.717) is 12.0 Å². The Bertz CT molecular complexity index is 514. The Morgan fingerprint density at radius 3 is 2.89 bits per heavy atom. The highest BCUT2D eigenvalue weighted by Gasteiger charge is 2.19. The molecule has 0 bridgehead atoms. The molecule has 1 heterocycles. The van der Waals surface area contributed by atoms with E-state index in [1.165, 1.54) is 17.6 Å². The van der Waals surface area contributed by atoms with Gasteiger partial charge in [-0.05, 0) is 36.0 Å². The van der Waals surface area contributed by atoms with Gasteiger partial charge in [-0.1, -0.05) is 29.6 Å². The lowest BCUT2D eigenvalue weighted by Crippen LogP contribution is -2.29. The van der Waals surface area contributed by atoms with Crippen molar-refractivity contribution in [2.24, 2.45) is 5.84 Å². The van der Waals surface area contributed by atoms with E-state index in [0.717, 1.165) is 17.0 Å².